The summed E-state index contributed by atoms with van der Waals surface area (Å²) in [5.41, 5.74) is 0.763. The third kappa shape index (κ3) is 6.64. The monoisotopic (exact) mass is 482 g/mol. The van der Waals surface area contributed by atoms with E-state index in [4.69, 9.17) is 4.74 Å². The lowest BCUT2D eigenvalue weighted by molar-refractivity contribution is -0.0662. The van der Waals surface area contributed by atoms with Crippen LogP contribution in [-0.4, -0.2) is 45.4 Å². The molecule has 180 valence electrons. The van der Waals surface area contributed by atoms with Crippen molar-refractivity contribution >= 4 is 16.1 Å². The Morgan fingerprint density at radius 2 is 1.82 bits per heavy atom. The fraction of sp³-hybridized carbons (Fsp3) is 0.435. The van der Waals surface area contributed by atoms with Crippen molar-refractivity contribution in [3.63, 3.8) is 0 Å². The summed E-state index contributed by atoms with van der Waals surface area (Å²) in [4.78, 5) is 14.7. The van der Waals surface area contributed by atoms with E-state index in [1.54, 1.807) is 17.0 Å². The maximum absolute atomic E-state index is 13.1. The third-order valence-electron chi connectivity index (χ3n) is 5.75. The zero-order valence-electron chi connectivity index (χ0n) is 18.5. The van der Waals surface area contributed by atoms with E-state index in [2.05, 4.69) is 9.46 Å². The average molecular weight is 483 g/mol. The molecule has 1 amide bonds. The van der Waals surface area contributed by atoms with Crippen LogP contribution in [-0.2, 0) is 20.4 Å². The Labute approximate surface area is 192 Å². The SMILES string of the molecule is C[C@@H](c1ccc(OC(F)F)cc1)N1CC[C@](CCCNS(C)(=O)=O)(c2ccccc2)OC1=O. The Balaban J connectivity index is 1.72. The van der Waals surface area contributed by atoms with E-state index in [0.29, 0.717) is 25.8 Å². The molecule has 0 saturated carbocycles. The molecule has 33 heavy (non-hydrogen) atoms. The van der Waals surface area contributed by atoms with Crippen LogP contribution in [0.5, 0.6) is 5.75 Å². The van der Waals surface area contributed by atoms with Crippen LogP contribution in [0.15, 0.2) is 54.6 Å². The maximum atomic E-state index is 13.1. The lowest BCUT2D eigenvalue weighted by atomic mass is 9.84. The van der Waals surface area contributed by atoms with Crippen LogP contribution < -0.4 is 9.46 Å². The summed E-state index contributed by atoms with van der Waals surface area (Å²) in [5, 5.41) is 0. The van der Waals surface area contributed by atoms with Crippen molar-refractivity contribution in [2.24, 2.45) is 0 Å². The van der Waals surface area contributed by atoms with Gasteiger partial charge in [-0.15, -0.1) is 0 Å². The Bertz CT molecular complexity index is 1030. The third-order valence-corrected chi connectivity index (χ3v) is 6.48. The Morgan fingerprint density at radius 1 is 1.15 bits per heavy atom. The first kappa shape index (κ1) is 24.9. The van der Waals surface area contributed by atoms with Gasteiger partial charge in [0.25, 0.3) is 0 Å². The highest BCUT2D eigenvalue weighted by molar-refractivity contribution is 7.88. The van der Waals surface area contributed by atoms with Gasteiger partial charge in [0, 0.05) is 19.5 Å². The predicted molar refractivity (Wildman–Crippen MR) is 119 cm³/mol. The smallest absolute Gasteiger partial charge is 0.411 e. The number of rotatable bonds is 10. The number of carbonyl (C=O) groups excluding carboxylic acids is 1. The van der Waals surface area contributed by atoms with E-state index in [1.165, 1.54) is 12.1 Å². The highest BCUT2D eigenvalue weighted by Gasteiger charge is 2.43. The van der Waals surface area contributed by atoms with Gasteiger partial charge in [-0.05, 0) is 43.0 Å². The molecular weight excluding hydrogens is 454 g/mol. The van der Waals surface area contributed by atoms with Crippen molar-refractivity contribution in [3.05, 3.63) is 65.7 Å². The van der Waals surface area contributed by atoms with Crippen LogP contribution in [0.4, 0.5) is 13.6 Å². The molecule has 1 N–H and O–H groups in total. The number of halogens is 2. The van der Waals surface area contributed by atoms with Gasteiger partial charge in [0.1, 0.15) is 11.4 Å². The molecule has 0 aliphatic carbocycles. The Kier molecular flexibility index (Phi) is 7.91. The number of cyclic esters (lactones) is 1. The fourth-order valence-electron chi connectivity index (χ4n) is 4.03. The number of hydrogen-bond donors (Lipinski definition) is 1. The topological polar surface area (TPSA) is 84.9 Å². The molecule has 7 nitrogen and oxygen atoms in total. The van der Waals surface area contributed by atoms with Crippen LogP contribution >= 0.6 is 0 Å². The summed E-state index contributed by atoms with van der Waals surface area (Å²) >= 11 is 0. The molecule has 0 unspecified atom stereocenters. The average Bonchev–Trinajstić information content (AvgIpc) is 2.76. The minimum atomic E-state index is -3.30. The molecule has 0 aromatic heterocycles. The second-order valence-electron chi connectivity index (χ2n) is 8.07. The zero-order chi connectivity index (χ0) is 24.1. The van der Waals surface area contributed by atoms with E-state index in [-0.39, 0.29) is 18.3 Å². The fourth-order valence-corrected chi connectivity index (χ4v) is 4.54. The predicted octanol–water partition coefficient (Wildman–Crippen LogP) is 4.42. The van der Waals surface area contributed by atoms with Crippen LogP contribution in [0.3, 0.4) is 0 Å². The van der Waals surface area contributed by atoms with Crippen molar-refractivity contribution in [1.82, 2.24) is 9.62 Å². The first-order valence-corrected chi connectivity index (χ1v) is 12.5. The quantitative estimate of drug-likeness (QED) is 0.507. The number of sulfonamides is 1. The molecule has 1 saturated heterocycles. The number of ether oxygens (including phenoxy) is 2. The second kappa shape index (κ2) is 10.5. The van der Waals surface area contributed by atoms with E-state index in [0.717, 1.165) is 17.4 Å². The molecule has 1 heterocycles. The number of benzene rings is 2. The van der Waals surface area contributed by atoms with Crippen molar-refractivity contribution < 1.29 is 31.5 Å². The summed E-state index contributed by atoms with van der Waals surface area (Å²) in [5.74, 6) is 0.0490. The molecule has 1 aliphatic heterocycles. The molecule has 10 heteroatoms. The van der Waals surface area contributed by atoms with Crippen LogP contribution in [0.2, 0.25) is 0 Å². The van der Waals surface area contributed by atoms with Crippen molar-refractivity contribution in [3.8, 4) is 5.75 Å². The van der Waals surface area contributed by atoms with Crippen molar-refractivity contribution in [2.45, 2.75) is 44.4 Å². The van der Waals surface area contributed by atoms with Gasteiger partial charge in [0.15, 0.2) is 0 Å². The zero-order valence-corrected chi connectivity index (χ0v) is 19.4. The minimum Gasteiger partial charge on any atom is -0.438 e. The Morgan fingerprint density at radius 3 is 2.39 bits per heavy atom. The summed E-state index contributed by atoms with van der Waals surface area (Å²) in [6.45, 7) is -0.387. The number of nitrogens with one attached hydrogen (secondary N) is 1. The van der Waals surface area contributed by atoms with E-state index >= 15 is 0 Å². The summed E-state index contributed by atoms with van der Waals surface area (Å²) in [6.07, 6.45) is 2.11. The second-order valence-corrected chi connectivity index (χ2v) is 9.90. The van der Waals surface area contributed by atoms with Gasteiger partial charge in [-0.1, -0.05) is 42.5 Å². The first-order chi connectivity index (χ1) is 15.6. The number of alkyl halides is 2. The number of nitrogens with zero attached hydrogens (tertiary/aromatic N) is 1. The van der Waals surface area contributed by atoms with Gasteiger partial charge < -0.3 is 14.4 Å². The highest BCUT2D eigenvalue weighted by Crippen LogP contribution is 2.40. The molecule has 2 atom stereocenters. The number of hydrogen-bond acceptors (Lipinski definition) is 5. The van der Waals surface area contributed by atoms with Gasteiger partial charge in [-0.2, -0.15) is 8.78 Å². The lowest BCUT2D eigenvalue weighted by Crippen LogP contribution is -2.49. The molecule has 2 aromatic carbocycles. The summed E-state index contributed by atoms with van der Waals surface area (Å²) in [6, 6.07) is 15.3. The molecular formula is C23H28F2N2O5S. The van der Waals surface area contributed by atoms with Crippen LogP contribution in [0.25, 0.3) is 0 Å². The summed E-state index contributed by atoms with van der Waals surface area (Å²) < 4.78 is 60.3. The van der Waals surface area contributed by atoms with Gasteiger partial charge in [-0.3, -0.25) is 0 Å². The first-order valence-electron chi connectivity index (χ1n) is 10.6. The molecule has 1 aliphatic rings. The van der Waals surface area contributed by atoms with Crippen molar-refractivity contribution in [1.29, 1.82) is 0 Å². The van der Waals surface area contributed by atoms with Crippen LogP contribution in [0.1, 0.15) is 43.4 Å². The maximum Gasteiger partial charge on any atom is 0.411 e. The number of carbonyl (C=O) groups is 1. The molecule has 0 spiro atoms. The Hall–Kier alpha value is -2.72. The normalized spacial score (nSPS) is 19.9. The molecule has 0 bridgehead atoms. The molecule has 1 fully saturated rings. The van der Waals surface area contributed by atoms with Gasteiger partial charge in [0.05, 0.1) is 12.3 Å². The standard InChI is InChI=1S/C23H28F2N2O5S/c1-17(18-9-11-20(12-10-18)31-21(24)25)27-16-14-23(32-22(27)28,19-7-4-3-5-8-19)13-6-15-26-33(2,29)30/h3-5,7-12,17,21,26H,6,13-16H2,1-2H3/t17-,23+/m0/s1. The highest BCUT2D eigenvalue weighted by atomic mass is 32.2. The van der Waals surface area contributed by atoms with E-state index < -0.39 is 28.3 Å². The van der Waals surface area contributed by atoms with Gasteiger partial charge in [0.2, 0.25) is 10.0 Å². The van der Waals surface area contributed by atoms with Gasteiger partial charge >= 0.3 is 12.7 Å². The molecule has 3 rings (SSSR count). The largest absolute Gasteiger partial charge is 0.438 e. The lowest BCUT2D eigenvalue weighted by Gasteiger charge is -2.43. The van der Waals surface area contributed by atoms with Gasteiger partial charge in [-0.25, -0.2) is 17.9 Å². The molecule has 2 aromatic rings. The van der Waals surface area contributed by atoms with Crippen LogP contribution in [0, 0.1) is 0 Å². The molecule has 0 radical (unpaired) electrons. The van der Waals surface area contributed by atoms with E-state index in [1.807, 2.05) is 37.3 Å². The van der Waals surface area contributed by atoms with Crippen molar-refractivity contribution in [2.75, 3.05) is 19.3 Å². The van der Waals surface area contributed by atoms with E-state index in [9.17, 15) is 22.0 Å². The minimum absolute atomic E-state index is 0.0490. The summed E-state index contributed by atoms with van der Waals surface area (Å²) in [7, 11) is -3.30. The number of amides is 1.